The fourth-order valence-electron chi connectivity index (χ4n) is 0.612. The molecule has 16 heavy (non-hydrogen) atoms. The van der Waals surface area contributed by atoms with Crippen LogP contribution in [0.3, 0.4) is 0 Å². The quantitative estimate of drug-likeness (QED) is 0.636. The second-order valence-electron chi connectivity index (χ2n) is 3.43. The fraction of sp³-hybridized carbons (Fsp3) is 1.00. The van der Waals surface area contributed by atoms with E-state index in [0.29, 0.717) is 0 Å². The molecular weight excluding hydrogens is 217 g/mol. The second kappa shape index (κ2) is 36.2. The van der Waals surface area contributed by atoms with Crippen LogP contribution in [0.5, 0.6) is 0 Å². The molecule has 0 aliphatic heterocycles. The van der Waals surface area contributed by atoms with Gasteiger partial charge >= 0.3 is 0 Å². The van der Waals surface area contributed by atoms with Gasteiger partial charge in [-0.05, 0) is 38.9 Å². The molecule has 3 nitrogen and oxygen atoms in total. The lowest BCUT2D eigenvalue weighted by atomic mass is 10.3. The molecule has 0 radical (unpaired) electrons. The lowest BCUT2D eigenvalue weighted by molar-refractivity contribution is 0.807. The van der Waals surface area contributed by atoms with Crippen molar-refractivity contribution in [3.05, 3.63) is 0 Å². The lowest BCUT2D eigenvalue weighted by Gasteiger charge is -1.80. The van der Waals surface area contributed by atoms with Gasteiger partial charge in [0.25, 0.3) is 0 Å². The zero-order valence-electron chi connectivity index (χ0n) is 11.8. The van der Waals surface area contributed by atoms with E-state index in [2.05, 4.69) is 20.8 Å². The maximum Gasteiger partial charge on any atom is -0.00774 e. The summed E-state index contributed by atoms with van der Waals surface area (Å²) in [6, 6.07) is 0. The first-order valence-electron chi connectivity index (χ1n) is 6.35. The molecule has 4 heteroatoms. The van der Waals surface area contributed by atoms with E-state index in [-0.39, 0.29) is 9.90 Å². The minimum atomic E-state index is 0. The second-order valence-corrected chi connectivity index (χ2v) is 3.43. The van der Waals surface area contributed by atoms with E-state index in [4.69, 9.17) is 17.2 Å². The van der Waals surface area contributed by atoms with Crippen molar-refractivity contribution in [2.24, 2.45) is 17.2 Å². The van der Waals surface area contributed by atoms with Gasteiger partial charge in [-0.1, -0.05) is 40.0 Å². The molecule has 0 saturated heterocycles. The maximum absolute atomic E-state index is 5.14. The molecule has 0 heterocycles. The third-order valence-corrected chi connectivity index (χ3v) is 1.67. The molecule has 0 aromatic carbocycles. The molecule has 1 unspecified atom stereocenters. The smallest absolute Gasteiger partial charge is 0.00774 e. The zero-order valence-corrected chi connectivity index (χ0v) is 13.2. The maximum atomic E-state index is 5.14. The Hall–Kier alpha value is 0.310. The summed E-state index contributed by atoms with van der Waals surface area (Å²) in [7, 11) is 0. The van der Waals surface area contributed by atoms with Crippen molar-refractivity contribution in [2.45, 2.75) is 59.3 Å². The molecule has 104 valence electrons. The Balaban J connectivity index is -0.0000000655. The third kappa shape index (κ3) is 63.7. The highest BCUT2D eigenvalue weighted by Gasteiger charge is 1.68. The van der Waals surface area contributed by atoms with Crippen molar-refractivity contribution < 1.29 is 0 Å². The van der Waals surface area contributed by atoms with E-state index in [0.717, 1.165) is 19.6 Å². The standard InChI is InChI=1S/3C4H11N.H3P/c3*1-2-3-4-5;/h3*2-5H2,1H3;1H3. The van der Waals surface area contributed by atoms with Crippen LogP contribution in [-0.4, -0.2) is 19.6 Å². The van der Waals surface area contributed by atoms with Crippen LogP contribution in [0.4, 0.5) is 0 Å². The monoisotopic (exact) mass is 253 g/mol. The van der Waals surface area contributed by atoms with Gasteiger partial charge in [-0.3, -0.25) is 0 Å². The number of nitrogens with two attached hydrogens (primary N) is 3. The molecule has 0 amide bonds. The lowest BCUT2D eigenvalue weighted by Crippen LogP contribution is -1.95. The van der Waals surface area contributed by atoms with Crippen LogP contribution in [0.25, 0.3) is 0 Å². The number of hydrogen-bond acceptors (Lipinski definition) is 3. The Labute approximate surface area is 107 Å². The molecule has 0 spiro atoms. The molecule has 0 bridgehead atoms. The highest BCUT2D eigenvalue weighted by molar-refractivity contribution is 6.92. The minimum absolute atomic E-state index is 0. The molecule has 0 aliphatic rings. The predicted octanol–water partition coefficient (Wildman–Crippen LogP) is 2.29. The van der Waals surface area contributed by atoms with Gasteiger partial charge in [-0.2, -0.15) is 9.90 Å². The van der Waals surface area contributed by atoms with Crippen molar-refractivity contribution >= 4 is 9.90 Å². The summed E-state index contributed by atoms with van der Waals surface area (Å²) in [5.41, 5.74) is 15.4. The van der Waals surface area contributed by atoms with Crippen molar-refractivity contribution in [3.63, 3.8) is 0 Å². The van der Waals surface area contributed by atoms with E-state index in [1.807, 2.05) is 0 Å². The zero-order chi connectivity index (χ0) is 12.4. The van der Waals surface area contributed by atoms with Gasteiger partial charge in [-0.25, -0.2) is 0 Å². The minimum Gasteiger partial charge on any atom is -0.330 e. The summed E-state index contributed by atoms with van der Waals surface area (Å²) in [6.07, 6.45) is 7.16. The van der Waals surface area contributed by atoms with Gasteiger partial charge < -0.3 is 17.2 Å². The molecule has 0 rings (SSSR count). The first-order chi connectivity index (χ1) is 7.24. The Morgan fingerprint density at radius 2 is 0.750 bits per heavy atom. The normalized spacial score (nSPS) is 7.88. The van der Waals surface area contributed by atoms with Crippen LogP contribution in [0.1, 0.15) is 59.3 Å². The molecule has 1 atom stereocenters. The Kier molecular flexibility index (Phi) is 57.0. The first-order valence-corrected chi connectivity index (χ1v) is 6.35. The largest absolute Gasteiger partial charge is 0.330 e. The van der Waals surface area contributed by atoms with Crippen LogP contribution in [-0.2, 0) is 0 Å². The van der Waals surface area contributed by atoms with Crippen LogP contribution >= 0.6 is 9.90 Å². The molecule has 6 N–H and O–H groups in total. The number of rotatable bonds is 6. The van der Waals surface area contributed by atoms with E-state index in [1.54, 1.807) is 0 Å². The number of unbranched alkanes of at least 4 members (excludes halogenated alkanes) is 3. The van der Waals surface area contributed by atoms with Crippen molar-refractivity contribution in [1.82, 2.24) is 0 Å². The molecule has 0 aliphatic carbocycles. The highest BCUT2D eigenvalue weighted by atomic mass is 31.0. The van der Waals surface area contributed by atoms with E-state index in [1.165, 1.54) is 38.5 Å². The molecule has 0 fully saturated rings. The van der Waals surface area contributed by atoms with Crippen molar-refractivity contribution in [3.8, 4) is 0 Å². The summed E-state index contributed by atoms with van der Waals surface area (Å²) in [5.74, 6) is 0. The summed E-state index contributed by atoms with van der Waals surface area (Å²) in [6.45, 7) is 8.93. The van der Waals surface area contributed by atoms with E-state index in [9.17, 15) is 0 Å². The Bertz CT molecular complexity index is 53.0. The number of hydrogen-bond donors (Lipinski definition) is 3. The molecule has 0 saturated carbocycles. The Morgan fingerprint density at radius 3 is 0.750 bits per heavy atom. The third-order valence-electron chi connectivity index (χ3n) is 1.67. The van der Waals surface area contributed by atoms with Gasteiger partial charge in [0.15, 0.2) is 0 Å². The summed E-state index contributed by atoms with van der Waals surface area (Å²) < 4.78 is 0. The van der Waals surface area contributed by atoms with Crippen molar-refractivity contribution in [1.29, 1.82) is 0 Å². The molecular formula is C12H36N3P. The topological polar surface area (TPSA) is 78.1 Å². The van der Waals surface area contributed by atoms with Crippen LogP contribution in [0, 0.1) is 0 Å². The summed E-state index contributed by atoms with van der Waals surface area (Å²) in [4.78, 5) is 0. The Morgan fingerprint density at radius 1 is 0.562 bits per heavy atom. The van der Waals surface area contributed by atoms with Crippen molar-refractivity contribution in [2.75, 3.05) is 19.6 Å². The fourth-order valence-corrected chi connectivity index (χ4v) is 0.612. The SMILES string of the molecule is CCCCN.CCCCN.CCCCN.P. The van der Waals surface area contributed by atoms with Gasteiger partial charge in [0.1, 0.15) is 0 Å². The highest BCUT2D eigenvalue weighted by Crippen LogP contribution is 1.77. The predicted molar refractivity (Wildman–Crippen MR) is 83.0 cm³/mol. The summed E-state index contributed by atoms with van der Waals surface area (Å²) >= 11 is 0. The molecule has 0 aromatic rings. The average Bonchev–Trinajstić information content (AvgIpc) is 2.23. The summed E-state index contributed by atoms with van der Waals surface area (Å²) in [5, 5.41) is 0. The van der Waals surface area contributed by atoms with Gasteiger partial charge in [0.05, 0.1) is 0 Å². The van der Waals surface area contributed by atoms with Gasteiger partial charge in [0.2, 0.25) is 0 Å². The van der Waals surface area contributed by atoms with Crippen LogP contribution in [0.2, 0.25) is 0 Å². The average molecular weight is 253 g/mol. The first kappa shape index (κ1) is 25.2. The molecule has 0 aromatic heterocycles. The van der Waals surface area contributed by atoms with Gasteiger partial charge in [0, 0.05) is 0 Å². The van der Waals surface area contributed by atoms with Gasteiger partial charge in [-0.15, -0.1) is 0 Å². The van der Waals surface area contributed by atoms with E-state index < -0.39 is 0 Å². The van der Waals surface area contributed by atoms with E-state index >= 15 is 0 Å². The van der Waals surface area contributed by atoms with Crippen LogP contribution < -0.4 is 17.2 Å². The van der Waals surface area contributed by atoms with Crippen LogP contribution in [0.15, 0.2) is 0 Å².